The van der Waals surface area contributed by atoms with Crippen LogP contribution in [-0.2, 0) is 10.0 Å². The largest absolute Gasteiger partial charge is 0.368 e. The van der Waals surface area contributed by atoms with Gasteiger partial charge in [-0.25, -0.2) is 18.1 Å². The molecule has 0 aromatic carbocycles. The van der Waals surface area contributed by atoms with E-state index in [0.717, 1.165) is 5.69 Å². The summed E-state index contributed by atoms with van der Waals surface area (Å²) in [7, 11) is -1.88. The number of rotatable bonds is 5. The van der Waals surface area contributed by atoms with Gasteiger partial charge in [-0.2, -0.15) is 5.26 Å². The van der Waals surface area contributed by atoms with Gasteiger partial charge >= 0.3 is 0 Å². The molecule has 0 saturated heterocycles. The minimum absolute atomic E-state index is 0.0655. The third-order valence-electron chi connectivity index (χ3n) is 2.13. The third-order valence-corrected chi connectivity index (χ3v) is 3.49. The predicted octanol–water partition coefficient (Wildman–Crippen LogP) is 0.223. The van der Waals surface area contributed by atoms with Crippen molar-refractivity contribution in [3.05, 3.63) is 23.4 Å². The number of nitriles is 1. The molecule has 2 N–H and O–H groups in total. The molecule has 0 unspecified atom stereocenters. The lowest BCUT2D eigenvalue weighted by atomic mass is 10.2. The van der Waals surface area contributed by atoms with E-state index in [1.807, 2.05) is 6.07 Å². The number of nitrogens with zero attached hydrogens (tertiary/aromatic N) is 2. The zero-order chi connectivity index (χ0) is 12.9. The van der Waals surface area contributed by atoms with Gasteiger partial charge in [-0.1, -0.05) is 0 Å². The summed E-state index contributed by atoms with van der Waals surface area (Å²) in [5.74, 6) is 0.350. The van der Waals surface area contributed by atoms with Crippen LogP contribution >= 0.6 is 0 Å². The van der Waals surface area contributed by atoms with Gasteiger partial charge in [0.15, 0.2) is 0 Å². The van der Waals surface area contributed by atoms with Crippen LogP contribution in [-0.4, -0.2) is 32.7 Å². The van der Waals surface area contributed by atoms with Gasteiger partial charge in [-0.15, -0.1) is 0 Å². The molecule has 0 fully saturated rings. The summed E-state index contributed by atoms with van der Waals surface area (Å²) < 4.78 is 24.6. The SMILES string of the molecule is CNS(=O)(=O)CCNc1nc(C)ccc1C#N. The fourth-order valence-electron chi connectivity index (χ4n) is 1.19. The number of hydrogen-bond acceptors (Lipinski definition) is 5. The second-order valence-corrected chi connectivity index (χ2v) is 5.46. The smallest absolute Gasteiger partial charge is 0.213 e. The minimum atomic E-state index is -3.24. The summed E-state index contributed by atoms with van der Waals surface area (Å²) >= 11 is 0. The summed E-state index contributed by atoms with van der Waals surface area (Å²) in [6, 6.07) is 5.37. The first-order chi connectivity index (χ1) is 7.98. The van der Waals surface area contributed by atoms with Crippen LogP contribution in [0.5, 0.6) is 0 Å². The lowest BCUT2D eigenvalue weighted by Gasteiger charge is -2.08. The molecule has 1 aromatic rings. The second kappa shape index (κ2) is 5.61. The highest BCUT2D eigenvalue weighted by Gasteiger charge is 2.08. The van der Waals surface area contributed by atoms with Crippen molar-refractivity contribution >= 4 is 15.8 Å². The Bertz CT molecular complexity index is 534. The van der Waals surface area contributed by atoms with Gasteiger partial charge in [-0.05, 0) is 26.1 Å². The first kappa shape index (κ1) is 13.4. The van der Waals surface area contributed by atoms with Crippen LogP contribution in [0.25, 0.3) is 0 Å². The van der Waals surface area contributed by atoms with Crippen molar-refractivity contribution in [2.24, 2.45) is 0 Å². The van der Waals surface area contributed by atoms with Crippen LogP contribution in [0.2, 0.25) is 0 Å². The minimum Gasteiger partial charge on any atom is -0.368 e. The molecule has 0 aliphatic heterocycles. The molecule has 7 heteroatoms. The maximum atomic E-state index is 11.2. The fraction of sp³-hybridized carbons (Fsp3) is 0.400. The van der Waals surface area contributed by atoms with E-state index in [0.29, 0.717) is 11.4 Å². The number of anilines is 1. The van der Waals surface area contributed by atoms with Crippen molar-refractivity contribution < 1.29 is 8.42 Å². The number of pyridine rings is 1. The van der Waals surface area contributed by atoms with E-state index in [4.69, 9.17) is 5.26 Å². The Morgan fingerprint density at radius 1 is 1.47 bits per heavy atom. The molecule has 0 bridgehead atoms. The molecule has 17 heavy (non-hydrogen) atoms. The zero-order valence-electron chi connectivity index (χ0n) is 9.69. The van der Waals surface area contributed by atoms with E-state index in [9.17, 15) is 8.42 Å². The average Bonchev–Trinajstić information content (AvgIpc) is 2.29. The van der Waals surface area contributed by atoms with Crippen LogP contribution in [0.4, 0.5) is 5.82 Å². The molecule has 92 valence electrons. The number of nitrogens with one attached hydrogen (secondary N) is 2. The molecule has 1 aromatic heterocycles. The van der Waals surface area contributed by atoms with E-state index < -0.39 is 10.0 Å². The van der Waals surface area contributed by atoms with Crippen LogP contribution in [0.3, 0.4) is 0 Å². The number of aromatic nitrogens is 1. The van der Waals surface area contributed by atoms with Crippen molar-refractivity contribution in [1.29, 1.82) is 5.26 Å². The van der Waals surface area contributed by atoms with E-state index in [1.54, 1.807) is 19.1 Å². The lowest BCUT2D eigenvalue weighted by molar-refractivity contribution is 0.588. The van der Waals surface area contributed by atoms with Gasteiger partial charge in [0, 0.05) is 12.2 Å². The molecular weight excluding hydrogens is 240 g/mol. The van der Waals surface area contributed by atoms with E-state index in [-0.39, 0.29) is 12.3 Å². The molecule has 0 radical (unpaired) electrons. The molecule has 0 aliphatic carbocycles. The monoisotopic (exact) mass is 254 g/mol. The second-order valence-electron chi connectivity index (χ2n) is 3.41. The molecule has 6 nitrogen and oxygen atoms in total. The quantitative estimate of drug-likeness (QED) is 0.784. The Morgan fingerprint density at radius 2 is 2.18 bits per heavy atom. The van der Waals surface area contributed by atoms with Crippen LogP contribution in [0.1, 0.15) is 11.3 Å². The van der Waals surface area contributed by atoms with Crippen molar-refractivity contribution in [1.82, 2.24) is 9.71 Å². The molecule has 0 saturated carbocycles. The van der Waals surface area contributed by atoms with Gasteiger partial charge < -0.3 is 5.32 Å². The van der Waals surface area contributed by atoms with Crippen LogP contribution < -0.4 is 10.0 Å². The molecule has 0 spiro atoms. The fourth-order valence-corrected chi connectivity index (χ4v) is 1.76. The molecular formula is C10H14N4O2S. The molecule has 0 aliphatic rings. The highest BCUT2D eigenvalue weighted by atomic mass is 32.2. The average molecular weight is 254 g/mol. The van der Waals surface area contributed by atoms with Gasteiger partial charge in [0.2, 0.25) is 10.0 Å². The number of hydrogen-bond donors (Lipinski definition) is 2. The molecule has 1 rings (SSSR count). The summed E-state index contributed by atoms with van der Waals surface area (Å²) in [4.78, 5) is 4.14. The van der Waals surface area contributed by atoms with E-state index in [1.165, 1.54) is 7.05 Å². The number of aryl methyl sites for hydroxylation is 1. The first-order valence-corrected chi connectivity index (χ1v) is 6.66. The van der Waals surface area contributed by atoms with Crippen LogP contribution in [0, 0.1) is 18.3 Å². The first-order valence-electron chi connectivity index (χ1n) is 5.01. The van der Waals surface area contributed by atoms with Gasteiger partial charge in [0.05, 0.1) is 11.3 Å². The van der Waals surface area contributed by atoms with E-state index >= 15 is 0 Å². The van der Waals surface area contributed by atoms with Gasteiger partial charge in [0.1, 0.15) is 11.9 Å². The van der Waals surface area contributed by atoms with Crippen LogP contribution in [0.15, 0.2) is 12.1 Å². The van der Waals surface area contributed by atoms with Crippen molar-refractivity contribution in [3.63, 3.8) is 0 Å². The molecule has 0 atom stereocenters. The Labute approximate surface area is 101 Å². The summed E-state index contributed by atoms with van der Waals surface area (Å²) in [6.07, 6.45) is 0. The predicted molar refractivity (Wildman–Crippen MR) is 65.0 cm³/mol. The van der Waals surface area contributed by atoms with Crippen molar-refractivity contribution in [2.45, 2.75) is 6.92 Å². The zero-order valence-corrected chi connectivity index (χ0v) is 10.5. The number of sulfonamides is 1. The third kappa shape index (κ3) is 4.01. The normalized spacial score (nSPS) is 10.9. The summed E-state index contributed by atoms with van der Waals surface area (Å²) in [5, 5.41) is 11.7. The van der Waals surface area contributed by atoms with Gasteiger partial charge in [-0.3, -0.25) is 0 Å². The summed E-state index contributed by atoms with van der Waals surface area (Å²) in [6.45, 7) is 2.00. The van der Waals surface area contributed by atoms with Crippen molar-refractivity contribution in [3.8, 4) is 6.07 Å². The topological polar surface area (TPSA) is 94.9 Å². The van der Waals surface area contributed by atoms with E-state index in [2.05, 4.69) is 15.0 Å². The van der Waals surface area contributed by atoms with Gasteiger partial charge in [0.25, 0.3) is 0 Å². The Balaban J connectivity index is 2.70. The Hall–Kier alpha value is -1.65. The maximum Gasteiger partial charge on any atom is 0.213 e. The molecule has 1 heterocycles. The Kier molecular flexibility index (Phi) is 4.43. The highest BCUT2D eigenvalue weighted by Crippen LogP contribution is 2.11. The standard InChI is InChI=1S/C10H14N4O2S/c1-8-3-4-9(7-11)10(14-8)13-5-6-17(15,16)12-2/h3-4,12H,5-6H2,1-2H3,(H,13,14). The maximum absolute atomic E-state index is 11.2. The summed E-state index contributed by atoms with van der Waals surface area (Å²) in [5.41, 5.74) is 1.17. The molecule has 0 amide bonds. The highest BCUT2D eigenvalue weighted by molar-refractivity contribution is 7.89. The lowest BCUT2D eigenvalue weighted by Crippen LogP contribution is -2.26. The van der Waals surface area contributed by atoms with Crippen molar-refractivity contribution in [2.75, 3.05) is 24.7 Å². The Morgan fingerprint density at radius 3 is 2.76 bits per heavy atom.